The molecule has 1 atom stereocenters. The van der Waals surface area contributed by atoms with Gasteiger partial charge in [-0.05, 0) is 6.42 Å². The van der Waals surface area contributed by atoms with Gasteiger partial charge in [0.05, 0.1) is 6.20 Å². The molecule has 0 spiro atoms. The van der Waals surface area contributed by atoms with E-state index in [-0.39, 0.29) is 0 Å². The smallest absolute Gasteiger partial charge is 0.197 e. The molecule has 116 valence electrons. The summed E-state index contributed by atoms with van der Waals surface area (Å²) in [5.74, 6) is 4.81. The molecule has 2 rings (SSSR count). The first kappa shape index (κ1) is 16.1. The molecule has 21 heavy (non-hydrogen) atoms. The third kappa shape index (κ3) is 4.37. The Morgan fingerprint density at radius 3 is 2.38 bits per heavy atom. The summed E-state index contributed by atoms with van der Waals surface area (Å²) in [5.41, 5.74) is 0. The number of nitrogens with zero attached hydrogens (tertiary/aromatic N) is 2. The second-order valence-corrected chi connectivity index (χ2v) is 7.13. The van der Waals surface area contributed by atoms with Crippen LogP contribution in [0.15, 0.2) is 26.2 Å². The lowest BCUT2D eigenvalue weighted by Gasteiger charge is -2.06. The Balaban J connectivity index is 1.81. The highest BCUT2D eigenvalue weighted by Crippen LogP contribution is 2.27. The number of hydrogen-bond donors (Lipinski definition) is 0. The normalized spacial score (nSPS) is 13.3. The Morgan fingerprint density at radius 1 is 1.10 bits per heavy atom. The van der Waals surface area contributed by atoms with E-state index in [1.165, 1.54) is 0 Å². The van der Waals surface area contributed by atoms with Crippen molar-refractivity contribution in [2.75, 3.05) is 5.75 Å². The summed E-state index contributed by atoms with van der Waals surface area (Å²) in [6.07, 6.45) is 2.85. The molecule has 1 unspecified atom stereocenters. The number of oxazole rings is 1. The first-order chi connectivity index (χ1) is 9.97. The van der Waals surface area contributed by atoms with Crippen LogP contribution in [0.1, 0.15) is 76.2 Å². The van der Waals surface area contributed by atoms with E-state index in [0.717, 1.165) is 34.6 Å². The summed E-state index contributed by atoms with van der Waals surface area (Å²) in [7, 11) is 0. The van der Waals surface area contributed by atoms with Crippen LogP contribution in [0.2, 0.25) is 0 Å². The van der Waals surface area contributed by atoms with Crippen molar-refractivity contribution in [3.63, 3.8) is 0 Å². The molecule has 2 aromatic rings. The Morgan fingerprint density at radius 2 is 1.81 bits per heavy atom. The summed E-state index contributed by atoms with van der Waals surface area (Å²) in [4.78, 5) is 4.38. The van der Waals surface area contributed by atoms with Crippen LogP contribution in [-0.2, 0) is 0 Å². The van der Waals surface area contributed by atoms with Gasteiger partial charge in [-0.25, -0.2) is 4.98 Å². The van der Waals surface area contributed by atoms with Gasteiger partial charge in [0.15, 0.2) is 5.89 Å². The van der Waals surface area contributed by atoms with Crippen molar-refractivity contribution in [1.82, 2.24) is 10.1 Å². The highest BCUT2D eigenvalue weighted by molar-refractivity contribution is 7.99. The number of hydrogen-bond acceptors (Lipinski definition) is 5. The minimum atomic E-state index is 0.321. The van der Waals surface area contributed by atoms with E-state index < -0.39 is 0 Å². The molecule has 4 nitrogen and oxygen atoms in total. The van der Waals surface area contributed by atoms with E-state index in [4.69, 9.17) is 8.94 Å². The molecule has 2 aromatic heterocycles. The average molecular weight is 308 g/mol. The number of rotatable bonds is 7. The van der Waals surface area contributed by atoms with E-state index in [2.05, 4.69) is 44.8 Å². The molecule has 5 heteroatoms. The van der Waals surface area contributed by atoms with Crippen molar-refractivity contribution < 1.29 is 8.94 Å². The molecule has 0 saturated carbocycles. The van der Waals surface area contributed by atoms with Gasteiger partial charge in [0, 0.05) is 29.6 Å². The largest absolute Gasteiger partial charge is 0.445 e. The number of aromatic nitrogens is 2. The monoisotopic (exact) mass is 308 g/mol. The zero-order valence-electron chi connectivity index (χ0n) is 13.4. The van der Waals surface area contributed by atoms with Crippen LogP contribution in [0.5, 0.6) is 0 Å². The first-order valence-corrected chi connectivity index (χ1v) is 8.51. The Bertz CT molecular complexity index is 560. The molecule has 0 fully saturated rings. The predicted molar refractivity (Wildman–Crippen MR) is 84.9 cm³/mol. The molecule has 0 N–H and O–H groups in total. The van der Waals surface area contributed by atoms with E-state index in [0.29, 0.717) is 17.8 Å². The van der Waals surface area contributed by atoms with Gasteiger partial charge in [-0.3, -0.25) is 0 Å². The van der Waals surface area contributed by atoms with Gasteiger partial charge in [-0.15, -0.1) is 11.8 Å². The molecule has 0 amide bonds. The van der Waals surface area contributed by atoms with Gasteiger partial charge in [0.1, 0.15) is 16.5 Å². The third-order valence-electron chi connectivity index (χ3n) is 3.41. The molecule has 0 aliphatic rings. The fourth-order valence-electron chi connectivity index (χ4n) is 1.87. The van der Waals surface area contributed by atoms with Crippen LogP contribution in [-0.4, -0.2) is 15.9 Å². The van der Waals surface area contributed by atoms with Crippen LogP contribution < -0.4 is 0 Å². The van der Waals surface area contributed by atoms with Gasteiger partial charge >= 0.3 is 0 Å². The standard InChI is InChI=1S/C16H24N2O2S/c1-10(2)13-8-15(18-20-13)21-7-6-12(5)16-17-9-14(19-16)11(3)4/h8-12H,6-7H2,1-5H3. The lowest BCUT2D eigenvalue weighted by molar-refractivity contribution is 0.360. The molecule has 0 aliphatic carbocycles. The molecule has 0 aromatic carbocycles. The molecular formula is C16H24N2O2S. The maximum atomic E-state index is 5.79. The summed E-state index contributed by atoms with van der Waals surface area (Å²) >= 11 is 1.72. The highest BCUT2D eigenvalue weighted by Gasteiger charge is 2.15. The van der Waals surface area contributed by atoms with E-state index in [1.807, 2.05) is 12.3 Å². The minimum absolute atomic E-state index is 0.321. The van der Waals surface area contributed by atoms with Crippen LogP contribution >= 0.6 is 11.8 Å². The van der Waals surface area contributed by atoms with Crippen LogP contribution in [0, 0.1) is 0 Å². The average Bonchev–Trinajstić information content (AvgIpc) is 3.07. The second kappa shape index (κ2) is 7.16. The van der Waals surface area contributed by atoms with Crippen molar-refractivity contribution in [3.05, 3.63) is 29.7 Å². The summed E-state index contributed by atoms with van der Waals surface area (Å²) in [5, 5.41) is 5.04. The van der Waals surface area contributed by atoms with Crippen LogP contribution in [0.4, 0.5) is 0 Å². The van der Waals surface area contributed by atoms with Gasteiger partial charge in [-0.2, -0.15) is 0 Å². The van der Waals surface area contributed by atoms with Crippen molar-refractivity contribution in [2.45, 2.75) is 63.8 Å². The molecular weight excluding hydrogens is 284 g/mol. The molecule has 0 saturated heterocycles. The zero-order chi connectivity index (χ0) is 15.4. The SMILES string of the molecule is CC(C)c1cc(SCCC(C)c2ncc(C(C)C)o2)no1. The van der Waals surface area contributed by atoms with E-state index >= 15 is 0 Å². The second-order valence-electron chi connectivity index (χ2n) is 6.02. The molecule has 0 aliphatic heterocycles. The highest BCUT2D eigenvalue weighted by atomic mass is 32.2. The van der Waals surface area contributed by atoms with Gasteiger partial charge in [0.2, 0.25) is 0 Å². The molecule has 0 radical (unpaired) electrons. The maximum absolute atomic E-state index is 5.79. The molecule has 2 heterocycles. The topological polar surface area (TPSA) is 52.1 Å². The third-order valence-corrected chi connectivity index (χ3v) is 4.34. The lowest BCUT2D eigenvalue weighted by atomic mass is 10.1. The number of thioether (sulfide) groups is 1. The van der Waals surface area contributed by atoms with Crippen LogP contribution in [0.25, 0.3) is 0 Å². The van der Waals surface area contributed by atoms with Crippen molar-refractivity contribution in [1.29, 1.82) is 0 Å². The van der Waals surface area contributed by atoms with Gasteiger partial charge in [-0.1, -0.05) is 39.8 Å². The fourth-order valence-corrected chi connectivity index (χ4v) is 2.84. The van der Waals surface area contributed by atoms with Gasteiger partial charge in [0.25, 0.3) is 0 Å². The Kier molecular flexibility index (Phi) is 5.51. The molecule has 0 bridgehead atoms. The maximum Gasteiger partial charge on any atom is 0.197 e. The van der Waals surface area contributed by atoms with Gasteiger partial charge < -0.3 is 8.94 Å². The quantitative estimate of drug-likeness (QED) is 0.658. The van der Waals surface area contributed by atoms with Crippen molar-refractivity contribution >= 4 is 11.8 Å². The Hall–Kier alpha value is -1.23. The van der Waals surface area contributed by atoms with E-state index in [9.17, 15) is 0 Å². The van der Waals surface area contributed by atoms with Crippen molar-refractivity contribution in [2.24, 2.45) is 0 Å². The first-order valence-electron chi connectivity index (χ1n) is 7.52. The van der Waals surface area contributed by atoms with Crippen LogP contribution in [0.3, 0.4) is 0 Å². The van der Waals surface area contributed by atoms with Crippen molar-refractivity contribution in [3.8, 4) is 0 Å². The summed E-state index contributed by atoms with van der Waals surface area (Å²) in [6, 6.07) is 2.03. The predicted octanol–water partition coefficient (Wildman–Crippen LogP) is 5.20. The lowest BCUT2D eigenvalue weighted by Crippen LogP contribution is -1.95. The van der Waals surface area contributed by atoms with E-state index in [1.54, 1.807) is 11.8 Å². The zero-order valence-corrected chi connectivity index (χ0v) is 14.2. The summed E-state index contributed by atoms with van der Waals surface area (Å²) in [6.45, 7) is 10.6. The fraction of sp³-hybridized carbons (Fsp3) is 0.625. The summed E-state index contributed by atoms with van der Waals surface area (Å²) < 4.78 is 11.1. The Labute approximate surface area is 130 Å². The minimum Gasteiger partial charge on any atom is -0.445 e.